The van der Waals surface area contributed by atoms with E-state index in [1.807, 2.05) is 24.3 Å². The minimum atomic E-state index is -3.92. The van der Waals surface area contributed by atoms with Gasteiger partial charge in [0.1, 0.15) is 0 Å². The van der Waals surface area contributed by atoms with Crippen LogP contribution in [0.5, 0.6) is 0 Å². The van der Waals surface area contributed by atoms with Gasteiger partial charge in [-0.25, -0.2) is 8.42 Å². The summed E-state index contributed by atoms with van der Waals surface area (Å²) in [6, 6.07) is 19.9. The molecule has 0 radical (unpaired) electrons. The van der Waals surface area contributed by atoms with Crippen molar-refractivity contribution in [1.29, 1.82) is 5.26 Å². The Labute approximate surface area is 144 Å². The predicted octanol–water partition coefficient (Wildman–Crippen LogP) is 2.33. The molecule has 3 rings (SSSR count). The quantitative estimate of drug-likeness (QED) is 0.705. The highest BCUT2D eigenvalue weighted by Gasteiger charge is 2.16. The molecule has 124 valence electrons. The largest absolute Gasteiger partial charge is 0.273 e. The standard InChI is InChI=1S/C18H13N3O3S/c19-12-13-4-3-7-16(10-13)18(22)20-21-25(23,24)17-9-8-14-5-1-2-6-15(14)11-17/h1-11,21H,(H,20,22). The Morgan fingerprint density at radius 2 is 1.68 bits per heavy atom. The SMILES string of the molecule is N#Cc1cccc(C(=O)NNS(=O)(=O)c2ccc3ccccc3c2)c1. The van der Waals surface area contributed by atoms with E-state index < -0.39 is 15.9 Å². The fourth-order valence-corrected chi connectivity index (χ4v) is 3.18. The van der Waals surface area contributed by atoms with Crippen molar-refractivity contribution in [2.45, 2.75) is 4.90 Å². The van der Waals surface area contributed by atoms with E-state index in [1.54, 1.807) is 24.3 Å². The Bertz CT molecular complexity index is 1100. The van der Waals surface area contributed by atoms with Crippen LogP contribution in [0.1, 0.15) is 15.9 Å². The Morgan fingerprint density at radius 3 is 2.44 bits per heavy atom. The van der Waals surface area contributed by atoms with Crippen molar-refractivity contribution >= 4 is 26.7 Å². The Morgan fingerprint density at radius 1 is 0.920 bits per heavy atom. The van der Waals surface area contributed by atoms with Gasteiger partial charge in [0.05, 0.1) is 16.5 Å². The molecule has 0 aliphatic carbocycles. The number of hydrazine groups is 1. The second-order valence-corrected chi connectivity index (χ2v) is 6.94. The molecule has 0 bridgehead atoms. The maximum absolute atomic E-state index is 12.4. The smallest absolute Gasteiger partial charge is 0.266 e. The van der Waals surface area contributed by atoms with Gasteiger partial charge in [0.2, 0.25) is 0 Å². The average molecular weight is 351 g/mol. The van der Waals surface area contributed by atoms with Crippen LogP contribution in [0.2, 0.25) is 0 Å². The molecule has 0 aliphatic heterocycles. The molecule has 0 unspecified atom stereocenters. The molecule has 2 N–H and O–H groups in total. The normalized spacial score (nSPS) is 11.0. The van der Waals surface area contributed by atoms with Gasteiger partial charge in [0.25, 0.3) is 15.9 Å². The van der Waals surface area contributed by atoms with Crippen molar-refractivity contribution in [2.24, 2.45) is 0 Å². The molecule has 0 aromatic heterocycles. The van der Waals surface area contributed by atoms with Crippen LogP contribution in [-0.2, 0) is 10.0 Å². The Hall–Kier alpha value is -3.21. The van der Waals surface area contributed by atoms with Crippen LogP contribution in [0.4, 0.5) is 0 Å². The number of nitrogens with one attached hydrogen (secondary N) is 2. The Balaban J connectivity index is 1.78. The van der Waals surface area contributed by atoms with E-state index in [-0.39, 0.29) is 10.5 Å². The number of carbonyl (C=O) groups is 1. The van der Waals surface area contributed by atoms with Crippen LogP contribution < -0.4 is 10.3 Å². The summed E-state index contributed by atoms with van der Waals surface area (Å²) < 4.78 is 24.7. The zero-order valence-corrected chi connectivity index (χ0v) is 13.7. The Kier molecular flexibility index (Phi) is 4.48. The number of hydrogen-bond donors (Lipinski definition) is 2. The number of nitriles is 1. The number of benzene rings is 3. The highest BCUT2D eigenvalue weighted by Crippen LogP contribution is 2.18. The van der Waals surface area contributed by atoms with Gasteiger partial charge in [-0.15, -0.1) is 4.83 Å². The molecule has 0 saturated heterocycles. The van der Waals surface area contributed by atoms with E-state index in [2.05, 4.69) is 10.3 Å². The fraction of sp³-hybridized carbons (Fsp3) is 0. The molecule has 0 heterocycles. The highest BCUT2D eigenvalue weighted by molar-refractivity contribution is 7.89. The molecule has 25 heavy (non-hydrogen) atoms. The van der Waals surface area contributed by atoms with Gasteiger partial charge >= 0.3 is 0 Å². The zero-order valence-electron chi connectivity index (χ0n) is 12.9. The minimum absolute atomic E-state index is 0.0391. The van der Waals surface area contributed by atoms with E-state index in [1.165, 1.54) is 24.3 Å². The third-order valence-corrected chi connectivity index (χ3v) is 4.83. The van der Waals surface area contributed by atoms with Crippen LogP contribution in [0.15, 0.2) is 71.6 Å². The molecule has 0 fully saturated rings. The van der Waals surface area contributed by atoms with Crippen molar-refractivity contribution < 1.29 is 13.2 Å². The summed E-state index contributed by atoms with van der Waals surface area (Å²) in [5.41, 5.74) is 2.64. The van der Waals surface area contributed by atoms with Crippen LogP contribution >= 0.6 is 0 Å². The van der Waals surface area contributed by atoms with Crippen molar-refractivity contribution in [3.8, 4) is 6.07 Å². The first kappa shape index (κ1) is 16.6. The van der Waals surface area contributed by atoms with Crippen LogP contribution in [0.3, 0.4) is 0 Å². The van der Waals surface area contributed by atoms with E-state index in [0.717, 1.165) is 10.8 Å². The number of amides is 1. The monoisotopic (exact) mass is 351 g/mol. The first-order valence-electron chi connectivity index (χ1n) is 7.31. The lowest BCUT2D eigenvalue weighted by atomic mass is 10.1. The lowest BCUT2D eigenvalue weighted by molar-refractivity contribution is 0.0945. The summed E-state index contributed by atoms with van der Waals surface area (Å²) in [6.45, 7) is 0. The summed E-state index contributed by atoms with van der Waals surface area (Å²) in [7, 11) is -3.92. The summed E-state index contributed by atoms with van der Waals surface area (Å²) in [6.07, 6.45) is 0. The molecule has 3 aromatic carbocycles. The van der Waals surface area contributed by atoms with Gasteiger partial charge < -0.3 is 0 Å². The second-order valence-electron chi connectivity index (χ2n) is 5.26. The van der Waals surface area contributed by atoms with Gasteiger partial charge in [0, 0.05) is 5.56 Å². The lowest BCUT2D eigenvalue weighted by Crippen LogP contribution is -2.41. The maximum Gasteiger partial charge on any atom is 0.266 e. The summed E-state index contributed by atoms with van der Waals surface area (Å²) in [5.74, 6) is -0.651. The number of carbonyl (C=O) groups excluding carboxylic acids is 1. The summed E-state index contributed by atoms with van der Waals surface area (Å²) in [5, 5.41) is 10.5. The summed E-state index contributed by atoms with van der Waals surface area (Å²) in [4.78, 5) is 14.2. The minimum Gasteiger partial charge on any atom is -0.273 e. The first-order valence-corrected chi connectivity index (χ1v) is 8.79. The number of hydrogen-bond acceptors (Lipinski definition) is 4. The lowest BCUT2D eigenvalue weighted by Gasteiger charge is -2.09. The molecule has 0 atom stereocenters. The molecule has 7 heteroatoms. The first-order chi connectivity index (χ1) is 12.0. The predicted molar refractivity (Wildman–Crippen MR) is 92.9 cm³/mol. The fourth-order valence-electron chi connectivity index (χ4n) is 2.31. The molecular weight excluding hydrogens is 338 g/mol. The van der Waals surface area contributed by atoms with E-state index in [4.69, 9.17) is 5.26 Å². The van der Waals surface area contributed by atoms with E-state index in [9.17, 15) is 13.2 Å². The number of nitrogens with zero attached hydrogens (tertiary/aromatic N) is 1. The molecule has 3 aromatic rings. The van der Waals surface area contributed by atoms with Crippen molar-refractivity contribution in [3.05, 3.63) is 77.9 Å². The maximum atomic E-state index is 12.4. The second kappa shape index (κ2) is 6.73. The van der Waals surface area contributed by atoms with Gasteiger partial charge in [-0.05, 0) is 41.1 Å². The number of rotatable bonds is 4. The van der Waals surface area contributed by atoms with Gasteiger partial charge in [-0.3, -0.25) is 10.2 Å². The van der Waals surface area contributed by atoms with E-state index in [0.29, 0.717) is 5.56 Å². The van der Waals surface area contributed by atoms with Crippen molar-refractivity contribution in [2.75, 3.05) is 0 Å². The zero-order chi connectivity index (χ0) is 17.9. The molecule has 6 nitrogen and oxygen atoms in total. The van der Waals surface area contributed by atoms with Crippen LogP contribution in [0, 0.1) is 11.3 Å². The van der Waals surface area contributed by atoms with Gasteiger partial charge in [0.15, 0.2) is 0 Å². The molecule has 0 aliphatic rings. The van der Waals surface area contributed by atoms with Crippen LogP contribution in [0.25, 0.3) is 10.8 Å². The number of sulfonamides is 1. The molecule has 1 amide bonds. The molecular formula is C18H13N3O3S. The highest BCUT2D eigenvalue weighted by atomic mass is 32.2. The van der Waals surface area contributed by atoms with E-state index >= 15 is 0 Å². The van der Waals surface area contributed by atoms with Crippen LogP contribution in [-0.4, -0.2) is 14.3 Å². The van der Waals surface area contributed by atoms with Crippen molar-refractivity contribution in [1.82, 2.24) is 10.3 Å². The summed E-state index contributed by atoms with van der Waals surface area (Å²) >= 11 is 0. The average Bonchev–Trinajstić information content (AvgIpc) is 2.65. The van der Waals surface area contributed by atoms with Gasteiger partial charge in [-0.1, -0.05) is 36.4 Å². The number of fused-ring (bicyclic) bond motifs is 1. The molecule has 0 spiro atoms. The topological polar surface area (TPSA) is 99.1 Å². The molecule has 0 saturated carbocycles. The third kappa shape index (κ3) is 3.66. The van der Waals surface area contributed by atoms with Crippen molar-refractivity contribution in [3.63, 3.8) is 0 Å². The third-order valence-electron chi connectivity index (χ3n) is 3.58. The van der Waals surface area contributed by atoms with Gasteiger partial charge in [-0.2, -0.15) is 5.26 Å².